The average molecular weight is 517 g/mol. The van der Waals surface area contributed by atoms with Crippen LogP contribution in [0.5, 0.6) is 5.75 Å². The van der Waals surface area contributed by atoms with Crippen molar-refractivity contribution in [3.8, 4) is 16.9 Å². The van der Waals surface area contributed by atoms with E-state index in [0.29, 0.717) is 52.3 Å². The molecular formula is C25H27F3N6O3. The zero-order valence-corrected chi connectivity index (χ0v) is 20.4. The topological polar surface area (TPSA) is 103 Å². The Kier molecular flexibility index (Phi) is 6.52. The van der Waals surface area contributed by atoms with Crippen LogP contribution in [-0.2, 0) is 16.9 Å². The van der Waals surface area contributed by atoms with Crippen LogP contribution in [-0.4, -0.2) is 51.6 Å². The Morgan fingerprint density at radius 2 is 1.97 bits per heavy atom. The first-order valence-electron chi connectivity index (χ1n) is 12.0. The molecular weight excluding hydrogens is 489 g/mol. The van der Waals surface area contributed by atoms with Crippen molar-refractivity contribution in [2.24, 2.45) is 5.92 Å². The molecule has 0 aliphatic carbocycles. The minimum atomic E-state index is -4.38. The van der Waals surface area contributed by atoms with Crippen LogP contribution in [0.3, 0.4) is 0 Å². The molecule has 3 aromatic heterocycles. The third-order valence-corrected chi connectivity index (χ3v) is 6.37. The van der Waals surface area contributed by atoms with Gasteiger partial charge in [0.1, 0.15) is 35.2 Å². The smallest absolute Gasteiger partial charge is 0.408 e. The molecule has 0 saturated carbocycles. The summed E-state index contributed by atoms with van der Waals surface area (Å²) in [7, 11) is 0. The fourth-order valence-corrected chi connectivity index (χ4v) is 4.49. The fraction of sp³-hybridized carbons (Fsp3) is 0.440. The molecule has 2 aliphatic rings. The lowest BCUT2D eigenvalue weighted by atomic mass is 9.99. The molecule has 0 amide bonds. The van der Waals surface area contributed by atoms with Crippen LogP contribution in [0.25, 0.3) is 11.1 Å². The Bertz CT molecular complexity index is 1300. The summed E-state index contributed by atoms with van der Waals surface area (Å²) in [5.74, 6) is 1.32. The minimum Gasteiger partial charge on any atom is -0.492 e. The van der Waals surface area contributed by atoms with Crippen molar-refractivity contribution < 1.29 is 27.4 Å². The van der Waals surface area contributed by atoms with Gasteiger partial charge in [0.05, 0.1) is 18.4 Å². The van der Waals surface area contributed by atoms with Gasteiger partial charge in [-0.1, -0.05) is 0 Å². The summed E-state index contributed by atoms with van der Waals surface area (Å²) in [6.45, 7) is 4.66. The van der Waals surface area contributed by atoms with E-state index in [9.17, 15) is 18.0 Å². The quantitative estimate of drug-likeness (QED) is 0.445. The largest absolute Gasteiger partial charge is 0.492 e. The summed E-state index contributed by atoms with van der Waals surface area (Å²) >= 11 is 0. The molecule has 0 unspecified atom stereocenters. The van der Waals surface area contributed by atoms with E-state index in [-0.39, 0.29) is 0 Å². The summed E-state index contributed by atoms with van der Waals surface area (Å²) in [4.78, 5) is 21.1. The predicted octanol–water partition coefficient (Wildman–Crippen LogP) is 4.43. The second-order valence-corrected chi connectivity index (χ2v) is 9.73. The van der Waals surface area contributed by atoms with Gasteiger partial charge < -0.3 is 20.1 Å². The molecule has 12 heteroatoms. The zero-order valence-electron chi connectivity index (χ0n) is 20.4. The lowest BCUT2D eigenvalue weighted by Gasteiger charge is -2.23. The van der Waals surface area contributed by atoms with E-state index in [0.717, 1.165) is 30.6 Å². The van der Waals surface area contributed by atoms with Crippen molar-refractivity contribution in [3.63, 3.8) is 0 Å². The summed E-state index contributed by atoms with van der Waals surface area (Å²) in [6, 6.07) is 5.01. The zero-order chi connectivity index (χ0) is 26.2. The lowest BCUT2D eigenvalue weighted by Crippen LogP contribution is -2.30. The molecule has 0 spiro atoms. The van der Waals surface area contributed by atoms with Gasteiger partial charge in [0, 0.05) is 29.6 Å². The Hall–Kier alpha value is -3.67. The first-order chi connectivity index (χ1) is 17.6. The molecule has 2 N–H and O–H groups in total. The van der Waals surface area contributed by atoms with Crippen molar-refractivity contribution >= 4 is 17.6 Å². The molecule has 196 valence electrons. The van der Waals surface area contributed by atoms with E-state index in [1.54, 1.807) is 38.2 Å². The second kappa shape index (κ2) is 9.66. The Morgan fingerprint density at radius 1 is 1.19 bits per heavy atom. The van der Waals surface area contributed by atoms with Crippen LogP contribution in [0.4, 0.5) is 24.8 Å². The number of cyclic esters (lactones) is 1. The van der Waals surface area contributed by atoms with Crippen molar-refractivity contribution in [2.75, 3.05) is 25.0 Å². The average Bonchev–Trinajstić information content (AvgIpc) is 3.38. The van der Waals surface area contributed by atoms with Crippen molar-refractivity contribution in [1.29, 1.82) is 0 Å². The number of esters is 1. The molecule has 1 fully saturated rings. The van der Waals surface area contributed by atoms with Crippen LogP contribution in [0.2, 0.25) is 0 Å². The van der Waals surface area contributed by atoms with Gasteiger partial charge in [0.25, 0.3) is 0 Å². The molecule has 2 aliphatic heterocycles. The van der Waals surface area contributed by atoms with Gasteiger partial charge in [0.15, 0.2) is 0 Å². The summed E-state index contributed by atoms with van der Waals surface area (Å²) in [5.41, 5.74) is 1.10. The van der Waals surface area contributed by atoms with Gasteiger partial charge in [-0.3, -0.25) is 4.68 Å². The van der Waals surface area contributed by atoms with Gasteiger partial charge in [-0.25, -0.2) is 14.8 Å². The third kappa shape index (κ3) is 5.68. The van der Waals surface area contributed by atoms with E-state index in [1.165, 1.54) is 12.4 Å². The molecule has 0 bridgehead atoms. The van der Waals surface area contributed by atoms with Crippen LogP contribution in [0, 0.1) is 5.92 Å². The van der Waals surface area contributed by atoms with Crippen molar-refractivity contribution in [2.45, 2.75) is 45.0 Å². The summed E-state index contributed by atoms with van der Waals surface area (Å²) in [5, 5.41) is 10.3. The number of ether oxygens (including phenoxy) is 2. The monoisotopic (exact) mass is 516 g/mol. The van der Waals surface area contributed by atoms with Gasteiger partial charge in [0.2, 0.25) is 0 Å². The predicted molar refractivity (Wildman–Crippen MR) is 129 cm³/mol. The Balaban J connectivity index is 1.42. The summed E-state index contributed by atoms with van der Waals surface area (Å²) < 4.78 is 50.9. The number of anilines is 2. The first-order valence-corrected chi connectivity index (χ1v) is 12.0. The Morgan fingerprint density at radius 3 is 2.73 bits per heavy atom. The molecule has 5 rings (SSSR count). The van der Waals surface area contributed by atoms with Gasteiger partial charge >= 0.3 is 12.1 Å². The number of nitrogens with one attached hydrogen (secondary N) is 2. The molecule has 0 radical (unpaired) electrons. The highest BCUT2D eigenvalue weighted by molar-refractivity contribution is 5.94. The fourth-order valence-electron chi connectivity index (χ4n) is 4.49. The highest BCUT2D eigenvalue weighted by Gasteiger charge is 2.39. The third-order valence-electron chi connectivity index (χ3n) is 6.37. The molecule has 9 nitrogen and oxygen atoms in total. The highest BCUT2D eigenvalue weighted by Crippen LogP contribution is 2.36. The molecule has 3 aromatic rings. The van der Waals surface area contributed by atoms with E-state index >= 15 is 0 Å². The Labute approximate surface area is 211 Å². The van der Waals surface area contributed by atoms with E-state index in [2.05, 4.69) is 25.7 Å². The number of fused-ring (bicyclic) bond motifs is 1. The standard InChI is InChI=1S/C25H27F3N6O3/c1-24(2)22-17(23(35)37-24)3-4-20(33-22)32-21-9-19(36-13-15-5-7-29-8-6-15)18(11-30-21)16-10-31-34(12-16)14-25(26,27)28/h3-4,9-12,15,29H,5-8,13-14H2,1-2H3,(H,30,32,33). The van der Waals surface area contributed by atoms with E-state index < -0.39 is 24.3 Å². The summed E-state index contributed by atoms with van der Waals surface area (Å²) in [6.07, 6.45) is 1.82. The van der Waals surface area contributed by atoms with E-state index in [4.69, 9.17) is 9.47 Å². The van der Waals surface area contributed by atoms with Crippen LogP contribution in [0.1, 0.15) is 42.7 Å². The molecule has 1 saturated heterocycles. The van der Waals surface area contributed by atoms with Crippen LogP contribution < -0.4 is 15.4 Å². The number of hydrogen-bond acceptors (Lipinski definition) is 8. The maximum atomic E-state index is 12.8. The number of rotatable bonds is 7. The molecule has 37 heavy (non-hydrogen) atoms. The number of carbonyl (C=O) groups excluding carboxylic acids is 1. The van der Waals surface area contributed by atoms with Gasteiger partial charge in [-0.2, -0.15) is 18.3 Å². The first kappa shape index (κ1) is 25.0. The maximum absolute atomic E-state index is 12.8. The van der Waals surface area contributed by atoms with Gasteiger partial charge in [-0.05, 0) is 57.8 Å². The maximum Gasteiger partial charge on any atom is 0.408 e. The number of pyridine rings is 2. The van der Waals surface area contributed by atoms with Crippen LogP contribution >= 0.6 is 0 Å². The highest BCUT2D eigenvalue weighted by atomic mass is 19.4. The second-order valence-electron chi connectivity index (χ2n) is 9.73. The molecule has 0 aromatic carbocycles. The number of carbonyl (C=O) groups is 1. The van der Waals surface area contributed by atoms with E-state index in [1.807, 2.05) is 0 Å². The number of alkyl halides is 3. The number of aromatic nitrogens is 4. The van der Waals surface area contributed by atoms with Gasteiger partial charge in [-0.15, -0.1) is 0 Å². The van der Waals surface area contributed by atoms with Crippen molar-refractivity contribution in [3.05, 3.63) is 48.0 Å². The normalized spacial score (nSPS) is 17.4. The molecule has 0 atom stereocenters. The number of halogens is 3. The minimum absolute atomic E-state index is 0.366. The lowest BCUT2D eigenvalue weighted by molar-refractivity contribution is -0.142. The number of piperidine rings is 1. The number of nitrogens with zero attached hydrogens (tertiary/aromatic N) is 4. The van der Waals surface area contributed by atoms with Crippen LogP contribution in [0.15, 0.2) is 36.8 Å². The van der Waals surface area contributed by atoms with Crippen molar-refractivity contribution in [1.82, 2.24) is 25.1 Å². The molecule has 5 heterocycles. The SMILES string of the molecule is CC1(C)OC(=O)c2ccc(Nc3cc(OCC4CCNCC4)c(-c4cnn(CC(F)(F)F)c4)cn3)nc21. The number of hydrogen-bond donors (Lipinski definition) is 2.